The molecule has 2 heterocycles. The van der Waals surface area contributed by atoms with Crippen LogP contribution in [0.3, 0.4) is 0 Å². The second kappa shape index (κ2) is 5.11. The third kappa shape index (κ3) is 2.07. The molecule has 1 aromatic carbocycles. The van der Waals surface area contributed by atoms with Gasteiger partial charge in [-0.3, -0.25) is 0 Å². The lowest BCUT2D eigenvalue weighted by atomic mass is 10.1. The largest absolute Gasteiger partial charge is 0.380 e. The van der Waals surface area contributed by atoms with E-state index in [0.717, 1.165) is 28.7 Å². The van der Waals surface area contributed by atoms with Gasteiger partial charge >= 0.3 is 17.8 Å². The Bertz CT molecular complexity index is 949. The first-order valence-electron chi connectivity index (χ1n) is 7.09. The second-order valence-electron chi connectivity index (χ2n) is 5.60. The van der Waals surface area contributed by atoms with Crippen LogP contribution in [-0.2, 0) is 0 Å². The zero-order valence-electron chi connectivity index (χ0n) is 12.2. The molecule has 0 fully saturated rings. The van der Waals surface area contributed by atoms with Crippen molar-refractivity contribution in [3.05, 3.63) is 57.6 Å². The SMILES string of the molecule is FC1(F)C(c2cccs2)=C(c2cc3ccccc3s2)C(F)(F)C1(F)F. The molecular formula is C17H8F6S2. The summed E-state index contributed by atoms with van der Waals surface area (Å²) in [5, 5.41) is 1.92. The van der Waals surface area contributed by atoms with E-state index in [4.69, 9.17) is 0 Å². The number of hydrogen-bond acceptors (Lipinski definition) is 2. The van der Waals surface area contributed by atoms with E-state index in [1.54, 1.807) is 24.3 Å². The number of halogens is 6. The highest BCUT2D eigenvalue weighted by atomic mass is 32.1. The van der Waals surface area contributed by atoms with Crippen molar-refractivity contribution in [2.45, 2.75) is 17.8 Å². The Morgan fingerprint density at radius 1 is 0.720 bits per heavy atom. The van der Waals surface area contributed by atoms with Gasteiger partial charge in [-0.15, -0.1) is 22.7 Å². The van der Waals surface area contributed by atoms with Crippen LogP contribution in [0, 0.1) is 0 Å². The van der Waals surface area contributed by atoms with Gasteiger partial charge < -0.3 is 0 Å². The summed E-state index contributed by atoms with van der Waals surface area (Å²) >= 11 is 1.53. The molecule has 25 heavy (non-hydrogen) atoms. The summed E-state index contributed by atoms with van der Waals surface area (Å²) in [6, 6.07) is 10.3. The van der Waals surface area contributed by atoms with Crippen LogP contribution in [0.2, 0.25) is 0 Å². The van der Waals surface area contributed by atoms with Crippen molar-refractivity contribution in [2.75, 3.05) is 0 Å². The van der Waals surface area contributed by atoms with Crippen LogP contribution in [0.1, 0.15) is 9.75 Å². The van der Waals surface area contributed by atoms with Gasteiger partial charge in [0.05, 0.1) is 11.1 Å². The lowest BCUT2D eigenvalue weighted by Gasteiger charge is -2.25. The summed E-state index contributed by atoms with van der Waals surface area (Å²) in [6.07, 6.45) is 0. The number of alkyl halides is 6. The van der Waals surface area contributed by atoms with Crippen molar-refractivity contribution in [1.29, 1.82) is 0 Å². The van der Waals surface area contributed by atoms with E-state index in [2.05, 4.69) is 0 Å². The Morgan fingerprint density at radius 3 is 1.96 bits per heavy atom. The fourth-order valence-corrected chi connectivity index (χ4v) is 4.86. The molecule has 0 nitrogen and oxygen atoms in total. The molecule has 130 valence electrons. The van der Waals surface area contributed by atoms with Crippen LogP contribution in [0.4, 0.5) is 26.3 Å². The maximum atomic E-state index is 14.5. The molecule has 0 bridgehead atoms. The van der Waals surface area contributed by atoms with Gasteiger partial charge in [-0.1, -0.05) is 24.3 Å². The molecule has 0 unspecified atom stereocenters. The molecule has 0 saturated carbocycles. The van der Waals surface area contributed by atoms with Gasteiger partial charge in [-0.05, 0) is 29.0 Å². The fourth-order valence-electron chi connectivity index (χ4n) is 2.91. The topological polar surface area (TPSA) is 0 Å². The van der Waals surface area contributed by atoms with Crippen LogP contribution < -0.4 is 0 Å². The molecule has 0 saturated heterocycles. The molecular weight excluding hydrogens is 382 g/mol. The van der Waals surface area contributed by atoms with E-state index >= 15 is 0 Å². The van der Waals surface area contributed by atoms with Gasteiger partial charge in [0.2, 0.25) is 0 Å². The van der Waals surface area contributed by atoms with Gasteiger partial charge in [0, 0.05) is 14.5 Å². The first-order valence-corrected chi connectivity index (χ1v) is 8.79. The minimum atomic E-state index is -5.50. The van der Waals surface area contributed by atoms with Crippen LogP contribution in [0.5, 0.6) is 0 Å². The van der Waals surface area contributed by atoms with E-state index in [-0.39, 0.29) is 9.75 Å². The van der Waals surface area contributed by atoms with Crippen molar-refractivity contribution in [3.63, 3.8) is 0 Å². The van der Waals surface area contributed by atoms with E-state index < -0.39 is 28.9 Å². The highest BCUT2D eigenvalue weighted by Gasteiger charge is 2.80. The molecule has 4 rings (SSSR count). The summed E-state index contributed by atoms with van der Waals surface area (Å²) in [7, 11) is 0. The molecule has 1 aliphatic carbocycles. The maximum absolute atomic E-state index is 14.5. The predicted octanol–water partition coefficient (Wildman–Crippen LogP) is 6.79. The third-order valence-corrected chi connectivity index (χ3v) is 6.13. The van der Waals surface area contributed by atoms with Crippen molar-refractivity contribution in [2.24, 2.45) is 0 Å². The molecule has 2 aromatic heterocycles. The molecule has 0 atom stereocenters. The van der Waals surface area contributed by atoms with Crippen LogP contribution in [0.25, 0.3) is 21.2 Å². The molecule has 0 N–H and O–H groups in total. The molecule has 0 amide bonds. The zero-order chi connectivity index (χ0) is 18.0. The normalized spacial score (nSPS) is 21.2. The number of allylic oxidation sites excluding steroid dienone is 2. The monoisotopic (exact) mass is 390 g/mol. The zero-order valence-corrected chi connectivity index (χ0v) is 13.8. The van der Waals surface area contributed by atoms with E-state index in [1.807, 2.05) is 0 Å². The average Bonchev–Trinajstić information content (AvgIpc) is 3.21. The number of hydrogen-bond donors (Lipinski definition) is 0. The van der Waals surface area contributed by atoms with Crippen LogP contribution in [-0.4, -0.2) is 17.8 Å². The molecule has 8 heteroatoms. The van der Waals surface area contributed by atoms with Crippen molar-refractivity contribution < 1.29 is 26.3 Å². The molecule has 0 radical (unpaired) electrons. The minimum absolute atomic E-state index is 0.272. The van der Waals surface area contributed by atoms with Crippen LogP contribution >= 0.6 is 22.7 Å². The maximum Gasteiger partial charge on any atom is 0.380 e. The van der Waals surface area contributed by atoms with Gasteiger partial charge in [0.1, 0.15) is 0 Å². The van der Waals surface area contributed by atoms with E-state index in [9.17, 15) is 26.3 Å². The smallest absolute Gasteiger partial charge is 0.194 e. The van der Waals surface area contributed by atoms with E-state index in [1.165, 1.54) is 17.5 Å². The summed E-state index contributed by atoms with van der Waals surface area (Å²) in [6.45, 7) is 0. The van der Waals surface area contributed by atoms with Gasteiger partial charge in [0.25, 0.3) is 0 Å². The molecule has 3 aromatic rings. The fraction of sp³-hybridized carbons (Fsp3) is 0.176. The van der Waals surface area contributed by atoms with Gasteiger partial charge in [0.15, 0.2) is 0 Å². The molecule has 1 aliphatic rings. The first-order chi connectivity index (χ1) is 11.7. The lowest BCUT2D eigenvalue weighted by Crippen LogP contribution is -2.48. The van der Waals surface area contributed by atoms with Crippen molar-refractivity contribution in [1.82, 2.24) is 0 Å². The first kappa shape index (κ1) is 16.7. The lowest BCUT2D eigenvalue weighted by molar-refractivity contribution is -0.254. The minimum Gasteiger partial charge on any atom is -0.194 e. The Hall–Kier alpha value is -1.80. The average molecular weight is 390 g/mol. The standard InChI is InChI=1S/C17H8F6S2/c18-15(19)13(11-6-3-7-24-11)14(16(20,21)17(15,22)23)12-8-9-4-1-2-5-10(9)25-12/h1-8H. The number of benzene rings is 1. The Balaban J connectivity index is 2.08. The molecule has 0 spiro atoms. The summed E-state index contributed by atoms with van der Waals surface area (Å²) in [5.41, 5.74) is -2.57. The van der Waals surface area contributed by atoms with Crippen LogP contribution in [0.15, 0.2) is 47.8 Å². The summed E-state index contributed by atoms with van der Waals surface area (Å²) < 4.78 is 86.2. The number of thiophene rings is 2. The molecule has 0 aliphatic heterocycles. The van der Waals surface area contributed by atoms with Crippen molar-refractivity contribution >= 4 is 43.9 Å². The predicted molar refractivity (Wildman–Crippen MR) is 87.8 cm³/mol. The second-order valence-corrected chi connectivity index (χ2v) is 7.63. The third-order valence-electron chi connectivity index (χ3n) is 4.11. The summed E-state index contributed by atoms with van der Waals surface area (Å²) in [5.74, 6) is -15.4. The number of fused-ring (bicyclic) bond motifs is 1. The van der Waals surface area contributed by atoms with E-state index in [0.29, 0.717) is 10.1 Å². The van der Waals surface area contributed by atoms with Crippen molar-refractivity contribution in [3.8, 4) is 0 Å². The quantitative estimate of drug-likeness (QED) is 0.423. The highest BCUT2D eigenvalue weighted by molar-refractivity contribution is 7.20. The number of rotatable bonds is 2. The Morgan fingerprint density at radius 2 is 1.36 bits per heavy atom. The van der Waals surface area contributed by atoms with Gasteiger partial charge in [-0.2, -0.15) is 26.3 Å². The van der Waals surface area contributed by atoms with Gasteiger partial charge in [-0.25, -0.2) is 0 Å². The Labute approximate surface area is 146 Å². The summed E-state index contributed by atoms with van der Waals surface area (Å²) in [4.78, 5) is -0.555. The Kier molecular flexibility index (Phi) is 3.40. The highest BCUT2D eigenvalue weighted by Crippen LogP contribution is 2.65.